The number of aromatic nitrogens is 2. The average Bonchev–Trinajstić information content (AvgIpc) is 2.85. The zero-order chi connectivity index (χ0) is 22.5. The van der Waals surface area contributed by atoms with Crippen molar-refractivity contribution >= 4 is 11.7 Å². The number of carbonyl (C=O) groups is 1. The number of hydrogen-bond acceptors (Lipinski definition) is 5. The average molecular weight is 431 g/mol. The predicted octanol–water partition coefficient (Wildman–Crippen LogP) is 4.05. The number of hydrogen-bond donors (Lipinski definition) is 0. The van der Waals surface area contributed by atoms with Crippen LogP contribution in [0.5, 0.6) is 5.75 Å². The van der Waals surface area contributed by atoms with Gasteiger partial charge < -0.3 is 14.5 Å². The Balaban J connectivity index is 1.30. The molecule has 0 atom stereocenters. The van der Waals surface area contributed by atoms with E-state index in [2.05, 4.69) is 46.3 Å². The minimum atomic E-state index is 0.0162. The third kappa shape index (κ3) is 4.90. The molecule has 0 saturated carbocycles. The fourth-order valence-electron chi connectivity index (χ4n) is 3.86. The Labute approximate surface area is 189 Å². The van der Waals surface area contributed by atoms with Crippen LogP contribution in [0.25, 0.3) is 11.3 Å². The molecule has 1 amide bonds. The van der Waals surface area contributed by atoms with E-state index in [1.54, 1.807) is 0 Å². The molecule has 0 aliphatic carbocycles. The van der Waals surface area contributed by atoms with E-state index >= 15 is 0 Å². The van der Waals surface area contributed by atoms with E-state index in [0.29, 0.717) is 13.1 Å². The van der Waals surface area contributed by atoms with E-state index in [9.17, 15) is 4.79 Å². The van der Waals surface area contributed by atoms with E-state index in [-0.39, 0.29) is 12.5 Å². The van der Waals surface area contributed by atoms with Crippen molar-refractivity contribution in [1.82, 2.24) is 15.1 Å². The summed E-state index contributed by atoms with van der Waals surface area (Å²) >= 11 is 0. The van der Waals surface area contributed by atoms with Gasteiger partial charge in [-0.05, 0) is 55.2 Å². The van der Waals surface area contributed by atoms with Crippen LogP contribution in [0.4, 0.5) is 5.82 Å². The summed E-state index contributed by atoms with van der Waals surface area (Å²) in [4.78, 5) is 16.6. The van der Waals surface area contributed by atoms with Gasteiger partial charge >= 0.3 is 0 Å². The van der Waals surface area contributed by atoms with Crippen molar-refractivity contribution in [2.24, 2.45) is 0 Å². The molecule has 32 heavy (non-hydrogen) atoms. The molecule has 0 N–H and O–H groups in total. The van der Waals surface area contributed by atoms with Crippen molar-refractivity contribution in [2.75, 3.05) is 37.7 Å². The van der Waals surface area contributed by atoms with Gasteiger partial charge in [-0.15, -0.1) is 10.2 Å². The molecule has 1 aromatic heterocycles. The van der Waals surface area contributed by atoms with Crippen LogP contribution in [0, 0.1) is 13.8 Å². The van der Waals surface area contributed by atoms with Crippen LogP contribution in [0.15, 0.2) is 54.6 Å². The van der Waals surface area contributed by atoms with Crippen LogP contribution in [-0.4, -0.2) is 53.8 Å². The molecule has 1 aliphatic heterocycles. The molecule has 166 valence electrons. The van der Waals surface area contributed by atoms with E-state index in [1.165, 1.54) is 5.56 Å². The zero-order valence-corrected chi connectivity index (χ0v) is 19.0. The van der Waals surface area contributed by atoms with Crippen LogP contribution < -0.4 is 9.64 Å². The van der Waals surface area contributed by atoms with Crippen LogP contribution >= 0.6 is 0 Å². The summed E-state index contributed by atoms with van der Waals surface area (Å²) in [6, 6.07) is 18.4. The van der Waals surface area contributed by atoms with Gasteiger partial charge in [-0.3, -0.25) is 4.79 Å². The van der Waals surface area contributed by atoms with Crippen LogP contribution in [0.1, 0.15) is 23.6 Å². The highest BCUT2D eigenvalue weighted by Gasteiger charge is 2.22. The van der Waals surface area contributed by atoms with Crippen molar-refractivity contribution < 1.29 is 9.53 Å². The highest BCUT2D eigenvalue weighted by molar-refractivity contribution is 5.78. The SMILES string of the molecule is CCc1ccc(-c2ccc(N3CCN(C(=O)COc4cccc(C)c4C)CC3)nn2)cc1. The number of piperazine rings is 1. The lowest BCUT2D eigenvalue weighted by Crippen LogP contribution is -2.50. The summed E-state index contributed by atoms with van der Waals surface area (Å²) < 4.78 is 5.79. The molecule has 6 heteroatoms. The monoisotopic (exact) mass is 430 g/mol. The molecule has 1 saturated heterocycles. The molecule has 1 aliphatic rings. The number of ether oxygens (including phenoxy) is 1. The van der Waals surface area contributed by atoms with Gasteiger partial charge in [0.05, 0.1) is 5.69 Å². The Kier molecular flexibility index (Phi) is 6.69. The molecular weight excluding hydrogens is 400 g/mol. The minimum absolute atomic E-state index is 0.0162. The number of benzene rings is 2. The number of nitrogens with zero attached hydrogens (tertiary/aromatic N) is 4. The molecule has 4 rings (SSSR count). The Bertz CT molecular complexity index is 1060. The normalized spacial score (nSPS) is 13.8. The summed E-state index contributed by atoms with van der Waals surface area (Å²) in [5.41, 5.74) is 5.49. The smallest absolute Gasteiger partial charge is 0.260 e. The van der Waals surface area contributed by atoms with Crippen molar-refractivity contribution in [3.8, 4) is 17.0 Å². The van der Waals surface area contributed by atoms with Gasteiger partial charge in [0.25, 0.3) is 5.91 Å². The largest absolute Gasteiger partial charge is 0.483 e. The van der Waals surface area contributed by atoms with Crippen molar-refractivity contribution in [3.05, 3.63) is 71.3 Å². The van der Waals surface area contributed by atoms with Gasteiger partial charge in [-0.2, -0.15) is 0 Å². The van der Waals surface area contributed by atoms with Crippen molar-refractivity contribution in [3.63, 3.8) is 0 Å². The van der Waals surface area contributed by atoms with Crippen LogP contribution in [-0.2, 0) is 11.2 Å². The molecule has 0 spiro atoms. The summed E-state index contributed by atoms with van der Waals surface area (Å²) in [5.74, 6) is 1.64. The fourth-order valence-corrected chi connectivity index (χ4v) is 3.86. The summed E-state index contributed by atoms with van der Waals surface area (Å²) in [5, 5.41) is 8.85. The lowest BCUT2D eigenvalue weighted by Gasteiger charge is -2.35. The summed E-state index contributed by atoms with van der Waals surface area (Å²) in [7, 11) is 0. The highest BCUT2D eigenvalue weighted by Crippen LogP contribution is 2.22. The molecule has 2 heterocycles. The van der Waals surface area contributed by atoms with Gasteiger partial charge in [0, 0.05) is 31.7 Å². The van der Waals surface area contributed by atoms with Crippen molar-refractivity contribution in [1.29, 1.82) is 0 Å². The van der Waals surface area contributed by atoms with E-state index in [4.69, 9.17) is 4.74 Å². The molecule has 0 unspecified atom stereocenters. The second-order valence-electron chi connectivity index (χ2n) is 8.18. The third-order valence-corrected chi connectivity index (χ3v) is 6.17. The molecule has 0 bridgehead atoms. The molecule has 6 nitrogen and oxygen atoms in total. The Morgan fingerprint density at radius 1 is 0.938 bits per heavy atom. The fraction of sp³-hybridized carbons (Fsp3) is 0.346. The molecule has 0 radical (unpaired) electrons. The molecule has 2 aromatic carbocycles. The number of rotatable bonds is 6. The predicted molar refractivity (Wildman–Crippen MR) is 127 cm³/mol. The minimum Gasteiger partial charge on any atom is -0.483 e. The van der Waals surface area contributed by atoms with E-state index in [0.717, 1.165) is 53.5 Å². The maximum absolute atomic E-state index is 12.6. The standard InChI is InChI=1S/C26H30N4O2/c1-4-21-8-10-22(11-9-21)23-12-13-25(28-27-23)29-14-16-30(17-15-29)26(31)18-32-24-7-5-6-19(2)20(24)3/h5-13H,4,14-18H2,1-3H3. The maximum atomic E-state index is 12.6. The number of anilines is 1. The lowest BCUT2D eigenvalue weighted by molar-refractivity contribution is -0.133. The van der Waals surface area contributed by atoms with Crippen LogP contribution in [0.2, 0.25) is 0 Å². The third-order valence-electron chi connectivity index (χ3n) is 6.17. The lowest BCUT2D eigenvalue weighted by atomic mass is 10.1. The number of aryl methyl sites for hydroxylation is 2. The van der Waals surface area contributed by atoms with E-state index in [1.807, 2.05) is 49.1 Å². The zero-order valence-electron chi connectivity index (χ0n) is 19.0. The molecule has 1 fully saturated rings. The molecule has 3 aromatic rings. The first-order valence-electron chi connectivity index (χ1n) is 11.2. The van der Waals surface area contributed by atoms with E-state index < -0.39 is 0 Å². The van der Waals surface area contributed by atoms with Gasteiger partial charge in [0.1, 0.15) is 5.75 Å². The quantitative estimate of drug-likeness (QED) is 0.591. The summed E-state index contributed by atoms with van der Waals surface area (Å²) in [6.45, 7) is 9.03. The topological polar surface area (TPSA) is 58.6 Å². The second-order valence-corrected chi connectivity index (χ2v) is 8.18. The van der Waals surface area contributed by atoms with Gasteiger partial charge in [-0.25, -0.2) is 0 Å². The van der Waals surface area contributed by atoms with Crippen molar-refractivity contribution in [2.45, 2.75) is 27.2 Å². The maximum Gasteiger partial charge on any atom is 0.260 e. The number of carbonyl (C=O) groups excluding carboxylic acids is 1. The second kappa shape index (κ2) is 9.81. The Morgan fingerprint density at radius 3 is 2.34 bits per heavy atom. The Hall–Kier alpha value is -3.41. The summed E-state index contributed by atoms with van der Waals surface area (Å²) in [6.07, 6.45) is 1.02. The first kappa shape index (κ1) is 21.8. The molecular formula is C26H30N4O2. The van der Waals surface area contributed by atoms with Gasteiger partial charge in [0.2, 0.25) is 0 Å². The first-order chi connectivity index (χ1) is 15.5. The highest BCUT2D eigenvalue weighted by atomic mass is 16.5. The van der Waals surface area contributed by atoms with Crippen LogP contribution in [0.3, 0.4) is 0 Å². The number of amides is 1. The first-order valence-corrected chi connectivity index (χ1v) is 11.2. The van der Waals surface area contributed by atoms with Gasteiger partial charge in [0.15, 0.2) is 12.4 Å². The Morgan fingerprint density at radius 2 is 1.69 bits per heavy atom. The van der Waals surface area contributed by atoms with Gasteiger partial charge in [-0.1, -0.05) is 43.3 Å².